The van der Waals surface area contributed by atoms with Gasteiger partial charge in [-0.25, -0.2) is 0 Å². The zero-order chi connectivity index (χ0) is 11.8. The smallest absolute Gasteiger partial charge is 0.119 e. The quantitative estimate of drug-likeness (QED) is 0.804. The molecule has 0 atom stereocenters. The molecule has 1 aliphatic carbocycles. The van der Waals surface area contributed by atoms with Crippen molar-refractivity contribution in [3.05, 3.63) is 28.8 Å². The highest BCUT2D eigenvalue weighted by molar-refractivity contribution is 5.49. The first-order chi connectivity index (χ1) is 7.56. The van der Waals surface area contributed by atoms with Crippen LogP contribution in [-0.4, -0.2) is 16.8 Å². The van der Waals surface area contributed by atoms with Crippen LogP contribution in [0.3, 0.4) is 0 Å². The van der Waals surface area contributed by atoms with Gasteiger partial charge in [0, 0.05) is 11.0 Å². The van der Waals surface area contributed by atoms with E-state index >= 15 is 0 Å². The summed E-state index contributed by atoms with van der Waals surface area (Å²) in [6.45, 7) is 4.03. The van der Waals surface area contributed by atoms with E-state index in [2.05, 4.69) is 0 Å². The third kappa shape index (κ3) is 1.82. The third-order valence-electron chi connectivity index (χ3n) is 3.58. The zero-order valence-corrected chi connectivity index (χ0v) is 10.1. The number of phenolic OH excluding ortho intramolecular Hbond substituents is 1. The number of aliphatic hydroxyl groups excluding tert-OH is 1. The first kappa shape index (κ1) is 11.5. The number of phenols is 1. The Labute approximate surface area is 96.9 Å². The summed E-state index contributed by atoms with van der Waals surface area (Å²) in [5.74, 6) is 0.333. The molecule has 16 heavy (non-hydrogen) atoms. The summed E-state index contributed by atoms with van der Waals surface area (Å²) < 4.78 is 0. The van der Waals surface area contributed by atoms with Gasteiger partial charge in [-0.3, -0.25) is 0 Å². The molecule has 0 saturated heterocycles. The molecule has 0 radical (unpaired) electrons. The number of hydrogen-bond acceptors (Lipinski definition) is 2. The van der Waals surface area contributed by atoms with E-state index in [1.54, 1.807) is 6.07 Å². The second-order valence-corrected chi connectivity index (χ2v) is 5.35. The summed E-state index contributed by atoms with van der Waals surface area (Å²) in [5, 5.41) is 19.5. The molecule has 2 nitrogen and oxygen atoms in total. The first-order valence-corrected chi connectivity index (χ1v) is 6.01. The number of hydrogen-bond donors (Lipinski definition) is 2. The topological polar surface area (TPSA) is 40.5 Å². The van der Waals surface area contributed by atoms with Crippen LogP contribution in [0.15, 0.2) is 12.1 Å². The van der Waals surface area contributed by atoms with Crippen LogP contribution < -0.4 is 0 Å². The van der Waals surface area contributed by atoms with Gasteiger partial charge in [0.15, 0.2) is 0 Å². The van der Waals surface area contributed by atoms with E-state index in [0.717, 1.165) is 18.4 Å². The van der Waals surface area contributed by atoms with Gasteiger partial charge < -0.3 is 10.2 Å². The molecule has 0 spiro atoms. The Kier molecular flexibility index (Phi) is 2.94. The molecule has 1 aromatic rings. The van der Waals surface area contributed by atoms with Crippen molar-refractivity contribution in [3.63, 3.8) is 0 Å². The first-order valence-electron chi connectivity index (χ1n) is 6.01. The SMILES string of the molecule is CC(C)(CO)c1c(O)ccc2c1CCCC2. The molecule has 0 bridgehead atoms. The highest BCUT2D eigenvalue weighted by atomic mass is 16.3. The van der Waals surface area contributed by atoms with Crippen molar-refractivity contribution >= 4 is 0 Å². The van der Waals surface area contributed by atoms with Gasteiger partial charge in [0.05, 0.1) is 6.61 Å². The van der Waals surface area contributed by atoms with E-state index in [4.69, 9.17) is 0 Å². The molecule has 0 fully saturated rings. The molecule has 1 aromatic carbocycles. The maximum atomic E-state index is 10.0. The van der Waals surface area contributed by atoms with Crippen molar-refractivity contribution in [2.24, 2.45) is 0 Å². The van der Waals surface area contributed by atoms with Crippen molar-refractivity contribution in [2.45, 2.75) is 44.9 Å². The van der Waals surface area contributed by atoms with E-state index in [0.29, 0.717) is 5.75 Å². The van der Waals surface area contributed by atoms with Crippen LogP contribution in [0.25, 0.3) is 0 Å². The Morgan fingerprint density at radius 3 is 2.56 bits per heavy atom. The van der Waals surface area contributed by atoms with Gasteiger partial charge in [0.25, 0.3) is 0 Å². The molecule has 0 aromatic heterocycles. The Bertz CT molecular complexity index is 394. The molecule has 2 heteroatoms. The van der Waals surface area contributed by atoms with Gasteiger partial charge >= 0.3 is 0 Å². The lowest BCUT2D eigenvalue weighted by Crippen LogP contribution is -2.25. The summed E-state index contributed by atoms with van der Waals surface area (Å²) in [6.07, 6.45) is 4.55. The standard InChI is InChI=1S/C14H20O2/c1-14(2,9-15)13-11-6-4-3-5-10(11)7-8-12(13)16/h7-8,15-16H,3-6,9H2,1-2H3. The van der Waals surface area contributed by atoms with E-state index in [9.17, 15) is 10.2 Å². The van der Waals surface area contributed by atoms with Crippen molar-refractivity contribution in [1.82, 2.24) is 0 Å². The number of rotatable bonds is 2. The number of aryl methyl sites for hydroxylation is 1. The fraction of sp³-hybridized carbons (Fsp3) is 0.571. The molecular weight excluding hydrogens is 200 g/mol. The zero-order valence-electron chi connectivity index (χ0n) is 10.1. The van der Waals surface area contributed by atoms with Gasteiger partial charge in [-0.2, -0.15) is 0 Å². The van der Waals surface area contributed by atoms with Crippen molar-refractivity contribution < 1.29 is 10.2 Å². The van der Waals surface area contributed by atoms with Crippen LogP contribution in [0.4, 0.5) is 0 Å². The fourth-order valence-corrected chi connectivity index (χ4v) is 2.65. The lowest BCUT2D eigenvalue weighted by Gasteiger charge is -2.30. The predicted octanol–water partition coefficient (Wildman–Crippen LogP) is 2.54. The minimum absolute atomic E-state index is 0.0665. The third-order valence-corrected chi connectivity index (χ3v) is 3.58. The predicted molar refractivity (Wildman–Crippen MR) is 64.9 cm³/mol. The molecule has 0 saturated carbocycles. The largest absolute Gasteiger partial charge is 0.508 e. The molecule has 88 valence electrons. The number of fused-ring (bicyclic) bond motifs is 1. The van der Waals surface area contributed by atoms with Crippen LogP contribution in [0.5, 0.6) is 5.75 Å². The van der Waals surface area contributed by atoms with Crippen LogP contribution in [-0.2, 0) is 18.3 Å². The van der Waals surface area contributed by atoms with Gasteiger partial charge in [-0.05, 0) is 42.9 Å². The number of aliphatic hydroxyl groups is 1. The second kappa shape index (κ2) is 4.10. The molecule has 2 rings (SSSR count). The molecule has 0 amide bonds. The lowest BCUT2D eigenvalue weighted by molar-refractivity contribution is 0.214. The van der Waals surface area contributed by atoms with Crippen LogP contribution in [0.2, 0.25) is 0 Å². The van der Waals surface area contributed by atoms with Gasteiger partial charge in [-0.1, -0.05) is 19.9 Å². The normalized spacial score (nSPS) is 15.9. The highest BCUT2D eigenvalue weighted by Gasteiger charge is 2.28. The Morgan fingerprint density at radius 1 is 1.19 bits per heavy atom. The Balaban J connectivity index is 2.58. The van der Waals surface area contributed by atoms with E-state index < -0.39 is 0 Å². The fourth-order valence-electron chi connectivity index (χ4n) is 2.65. The minimum atomic E-state index is -0.354. The van der Waals surface area contributed by atoms with Gasteiger partial charge in [0.1, 0.15) is 5.75 Å². The Hall–Kier alpha value is -1.02. The summed E-state index contributed by atoms with van der Waals surface area (Å²) in [5.41, 5.74) is 3.21. The van der Waals surface area contributed by atoms with Crippen molar-refractivity contribution in [2.75, 3.05) is 6.61 Å². The van der Waals surface area contributed by atoms with E-state index in [1.807, 2.05) is 19.9 Å². The second-order valence-electron chi connectivity index (χ2n) is 5.35. The highest BCUT2D eigenvalue weighted by Crippen LogP contribution is 2.38. The van der Waals surface area contributed by atoms with Crippen LogP contribution >= 0.6 is 0 Å². The van der Waals surface area contributed by atoms with E-state index in [1.165, 1.54) is 24.0 Å². The Morgan fingerprint density at radius 2 is 1.88 bits per heavy atom. The van der Waals surface area contributed by atoms with Gasteiger partial charge in [-0.15, -0.1) is 0 Å². The minimum Gasteiger partial charge on any atom is -0.508 e. The maximum absolute atomic E-state index is 10.0. The molecular formula is C14H20O2. The maximum Gasteiger partial charge on any atom is 0.119 e. The molecule has 1 aliphatic rings. The summed E-state index contributed by atoms with van der Waals surface area (Å²) in [6, 6.07) is 3.80. The molecule has 0 unspecified atom stereocenters. The van der Waals surface area contributed by atoms with Crippen LogP contribution in [0, 0.1) is 0 Å². The van der Waals surface area contributed by atoms with Gasteiger partial charge in [0.2, 0.25) is 0 Å². The summed E-state index contributed by atoms with van der Waals surface area (Å²) in [7, 11) is 0. The van der Waals surface area contributed by atoms with Crippen LogP contribution in [0.1, 0.15) is 43.4 Å². The summed E-state index contributed by atoms with van der Waals surface area (Å²) in [4.78, 5) is 0. The van der Waals surface area contributed by atoms with E-state index in [-0.39, 0.29) is 12.0 Å². The molecule has 0 aliphatic heterocycles. The number of benzene rings is 1. The van der Waals surface area contributed by atoms with Crippen molar-refractivity contribution in [1.29, 1.82) is 0 Å². The molecule has 2 N–H and O–H groups in total. The average molecular weight is 220 g/mol. The monoisotopic (exact) mass is 220 g/mol. The molecule has 0 heterocycles. The number of aromatic hydroxyl groups is 1. The lowest BCUT2D eigenvalue weighted by atomic mass is 9.76. The summed E-state index contributed by atoms with van der Waals surface area (Å²) >= 11 is 0. The van der Waals surface area contributed by atoms with Crippen molar-refractivity contribution in [3.8, 4) is 5.75 Å². The average Bonchev–Trinajstić information content (AvgIpc) is 2.28.